The average Bonchev–Trinajstić information content (AvgIpc) is 2.62. The van der Waals surface area contributed by atoms with Crippen molar-refractivity contribution in [1.82, 2.24) is 10.4 Å². The number of hydrogen-bond donors (Lipinski definition) is 1. The lowest BCUT2D eigenvalue weighted by Crippen LogP contribution is -2.50. The molecule has 0 aliphatic rings. The van der Waals surface area contributed by atoms with Crippen molar-refractivity contribution in [2.75, 3.05) is 0 Å². The Bertz CT molecular complexity index is 320. The number of unbranched alkanes of at least 4 members (excludes halogenated alkanes) is 14. The van der Waals surface area contributed by atoms with Crippen molar-refractivity contribution in [2.45, 2.75) is 149 Å². The van der Waals surface area contributed by atoms with Gasteiger partial charge in [-0.2, -0.15) is 0 Å². The van der Waals surface area contributed by atoms with Crippen LogP contribution in [-0.2, 0) is 4.79 Å². The smallest absolute Gasteiger partial charge is 0.234 e. The molecule has 0 spiro atoms. The SMILES string of the molecule is CCCCCCCCCCCCCCCCCC(=O)NN(C(C)C)C(C)C. The Kier molecular flexibility index (Phi) is 18.4. The third-order valence-electron chi connectivity index (χ3n) is 5.37. The van der Waals surface area contributed by atoms with Crippen LogP contribution in [-0.4, -0.2) is 23.0 Å². The van der Waals surface area contributed by atoms with Crippen molar-refractivity contribution in [3.63, 3.8) is 0 Å². The Balaban J connectivity index is 3.34. The highest BCUT2D eigenvalue weighted by Crippen LogP contribution is 2.13. The predicted octanol–water partition coefficient (Wildman–Crippen LogP) is 7.40. The van der Waals surface area contributed by atoms with Gasteiger partial charge in [0.25, 0.3) is 0 Å². The molecular weight excluding hydrogens is 332 g/mol. The minimum atomic E-state index is 0.173. The van der Waals surface area contributed by atoms with E-state index in [1.807, 2.05) is 5.01 Å². The first-order valence-electron chi connectivity index (χ1n) is 12.1. The van der Waals surface area contributed by atoms with Gasteiger partial charge in [-0.25, -0.2) is 5.01 Å². The molecule has 3 nitrogen and oxygen atoms in total. The quantitative estimate of drug-likeness (QED) is 0.186. The Morgan fingerprint density at radius 1 is 0.630 bits per heavy atom. The van der Waals surface area contributed by atoms with Gasteiger partial charge in [0.05, 0.1) is 0 Å². The summed E-state index contributed by atoms with van der Waals surface area (Å²) in [6, 6.07) is 0.685. The van der Waals surface area contributed by atoms with E-state index >= 15 is 0 Å². The van der Waals surface area contributed by atoms with Gasteiger partial charge < -0.3 is 0 Å². The van der Waals surface area contributed by atoms with E-state index in [0.717, 1.165) is 6.42 Å². The van der Waals surface area contributed by atoms with Gasteiger partial charge in [-0.3, -0.25) is 10.2 Å². The highest BCUT2D eigenvalue weighted by molar-refractivity contribution is 5.75. The first-order valence-corrected chi connectivity index (χ1v) is 12.1. The van der Waals surface area contributed by atoms with E-state index < -0.39 is 0 Å². The first-order chi connectivity index (χ1) is 13.0. The summed E-state index contributed by atoms with van der Waals surface area (Å²) in [5, 5.41) is 2.05. The van der Waals surface area contributed by atoms with Crippen LogP contribution in [0.2, 0.25) is 0 Å². The minimum Gasteiger partial charge on any atom is -0.288 e. The fourth-order valence-corrected chi connectivity index (χ4v) is 3.71. The van der Waals surface area contributed by atoms with Crippen molar-refractivity contribution in [3.05, 3.63) is 0 Å². The summed E-state index contributed by atoms with van der Waals surface area (Å²) in [6.45, 7) is 10.8. The third kappa shape index (κ3) is 17.3. The van der Waals surface area contributed by atoms with E-state index in [1.54, 1.807) is 0 Å². The molecule has 27 heavy (non-hydrogen) atoms. The average molecular weight is 383 g/mol. The molecule has 0 aromatic carbocycles. The Morgan fingerprint density at radius 2 is 0.963 bits per heavy atom. The second-order valence-electron chi connectivity index (χ2n) is 8.83. The molecule has 1 N–H and O–H groups in total. The van der Waals surface area contributed by atoms with Crippen LogP contribution in [0, 0.1) is 0 Å². The van der Waals surface area contributed by atoms with E-state index in [0.29, 0.717) is 18.5 Å². The van der Waals surface area contributed by atoms with Crippen LogP contribution in [0.3, 0.4) is 0 Å². The number of nitrogens with zero attached hydrogens (tertiary/aromatic N) is 1. The number of carbonyl (C=O) groups excluding carboxylic acids is 1. The Labute approximate surface area is 171 Å². The molecule has 0 aliphatic heterocycles. The van der Waals surface area contributed by atoms with Gasteiger partial charge in [0.15, 0.2) is 0 Å². The van der Waals surface area contributed by atoms with Crippen LogP contribution in [0.5, 0.6) is 0 Å². The van der Waals surface area contributed by atoms with Crippen LogP contribution >= 0.6 is 0 Å². The van der Waals surface area contributed by atoms with Gasteiger partial charge in [-0.05, 0) is 34.1 Å². The molecule has 0 bridgehead atoms. The van der Waals surface area contributed by atoms with Gasteiger partial charge in [-0.15, -0.1) is 0 Å². The van der Waals surface area contributed by atoms with Gasteiger partial charge in [0.2, 0.25) is 5.91 Å². The van der Waals surface area contributed by atoms with Crippen LogP contribution < -0.4 is 5.43 Å². The standard InChI is InChI=1S/C24H50N2O/c1-6-7-8-9-10-11-12-13-14-15-16-17-18-19-20-21-24(27)25-26(22(2)3)23(4)5/h22-23H,6-21H2,1-5H3,(H,25,27). The van der Waals surface area contributed by atoms with Gasteiger partial charge >= 0.3 is 0 Å². The minimum absolute atomic E-state index is 0.173. The largest absolute Gasteiger partial charge is 0.288 e. The first kappa shape index (κ1) is 26.4. The molecule has 0 aliphatic carbocycles. The molecular formula is C24H50N2O. The summed E-state index contributed by atoms with van der Waals surface area (Å²) in [6.07, 6.45) is 21.1. The second kappa shape index (κ2) is 18.8. The summed E-state index contributed by atoms with van der Waals surface area (Å²) in [4.78, 5) is 12.0. The number of nitrogens with one attached hydrogen (secondary N) is 1. The van der Waals surface area contributed by atoms with Crippen LogP contribution in [0.1, 0.15) is 137 Å². The van der Waals surface area contributed by atoms with Crippen molar-refractivity contribution >= 4 is 5.91 Å². The second-order valence-corrected chi connectivity index (χ2v) is 8.83. The molecule has 162 valence electrons. The highest BCUT2D eigenvalue weighted by atomic mass is 16.2. The zero-order valence-electron chi connectivity index (χ0n) is 19.3. The van der Waals surface area contributed by atoms with E-state index in [2.05, 4.69) is 40.0 Å². The molecule has 0 heterocycles. The molecule has 0 aromatic rings. The maximum absolute atomic E-state index is 12.0. The van der Waals surface area contributed by atoms with Crippen LogP contribution in [0.15, 0.2) is 0 Å². The molecule has 3 heteroatoms. The topological polar surface area (TPSA) is 32.3 Å². The molecule has 1 amide bonds. The lowest BCUT2D eigenvalue weighted by atomic mass is 10.0. The lowest BCUT2D eigenvalue weighted by Gasteiger charge is -2.30. The maximum atomic E-state index is 12.0. The zero-order valence-corrected chi connectivity index (χ0v) is 19.3. The summed E-state index contributed by atoms with van der Waals surface area (Å²) < 4.78 is 0. The Hall–Kier alpha value is -0.570. The van der Waals surface area contributed by atoms with Crippen LogP contribution in [0.25, 0.3) is 0 Å². The maximum Gasteiger partial charge on any atom is 0.234 e. The van der Waals surface area contributed by atoms with Crippen molar-refractivity contribution in [2.24, 2.45) is 0 Å². The lowest BCUT2D eigenvalue weighted by molar-refractivity contribution is -0.128. The number of carbonyl (C=O) groups is 1. The molecule has 0 atom stereocenters. The molecule has 0 saturated carbocycles. The molecule has 0 rings (SSSR count). The number of hydrogen-bond acceptors (Lipinski definition) is 2. The molecule has 0 aromatic heterocycles. The van der Waals surface area contributed by atoms with Crippen molar-refractivity contribution < 1.29 is 4.79 Å². The molecule has 0 saturated heterocycles. The van der Waals surface area contributed by atoms with Crippen LogP contribution in [0.4, 0.5) is 0 Å². The van der Waals surface area contributed by atoms with Gasteiger partial charge in [-0.1, -0.05) is 96.8 Å². The third-order valence-corrected chi connectivity index (χ3v) is 5.37. The van der Waals surface area contributed by atoms with E-state index in [4.69, 9.17) is 0 Å². The molecule has 0 radical (unpaired) electrons. The number of amides is 1. The Morgan fingerprint density at radius 3 is 1.30 bits per heavy atom. The van der Waals surface area contributed by atoms with Crippen molar-refractivity contribution in [1.29, 1.82) is 0 Å². The zero-order chi connectivity index (χ0) is 20.3. The fraction of sp³-hybridized carbons (Fsp3) is 0.958. The van der Waals surface area contributed by atoms with Crippen molar-refractivity contribution in [3.8, 4) is 0 Å². The number of rotatable bonds is 19. The van der Waals surface area contributed by atoms with E-state index in [9.17, 15) is 4.79 Å². The molecule has 0 unspecified atom stereocenters. The normalized spacial score (nSPS) is 11.7. The van der Waals surface area contributed by atoms with E-state index in [1.165, 1.54) is 89.9 Å². The van der Waals surface area contributed by atoms with E-state index in [-0.39, 0.29) is 5.91 Å². The summed E-state index contributed by atoms with van der Waals surface area (Å²) >= 11 is 0. The highest BCUT2D eigenvalue weighted by Gasteiger charge is 2.15. The molecule has 0 fully saturated rings. The monoisotopic (exact) mass is 382 g/mol. The summed E-state index contributed by atoms with van der Waals surface area (Å²) in [7, 11) is 0. The summed E-state index contributed by atoms with van der Waals surface area (Å²) in [5.74, 6) is 0.173. The fourth-order valence-electron chi connectivity index (χ4n) is 3.71. The predicted molar refractivity (Wildman–Crippen MR) is 120 cm³/mol. The van der Waals surface area contributed by atoms with Gasteiger partial charge in [0.1, 0.15) is 0 Å². The number of hydrazine groups is 1. The van der Waals surface area contributed by atoms with Gasteiger partial charge in [0, 0.05) is 18.5 Å². The summed E-state index contributed by atoms with van der Waals surface area (Å²) in [5.41, 5.74) is 3.06.